The second-order valence-corrected chi connectivity index (χ2v) is 6.08. The standard InChI is InChI=1S/C16H25NO2/c1-16(2)9-8-15(17-10-12(18)11-19-3)13-6-4-5-7-14(13)16/h4-7,12,15,17-18H,8-11H2,1-3H3. The number of aliphatic hydroxyl groups excluding tert-OH is 1. The lowest BCUT2D eigenvalue weighted by Crippen LogP contribution is -2.37. The van der Waals surface area contributed by atoms with E-state index in [1.54, 1.807) is 7.11 Å². The molecule has 0 radical (unpaired) electrons. The molecule has 1 aliphatic rings. The second-order valence-electron chi connectivity index (χ2n) is 6.08. The molecule has 19 heavy (non-hydrogen) atoms. The fraction of sp³-hybridized carbons (Fsp3) is 0.625. The predicted molar refractivity (Wildman–Crippen MR) is 77.3 cm³/mol. The lowest BCUT2D eigenvalue weighted by atomic mass is 9.71. The van der Waals surface area contributed by atoms with Crippen molar-refractivity contribution >= 4 is 0 Å². The average Bonchev–Trinajstić information content (AvgIpc) is 2.38. The van der Waals surface area contributed by atoms with Crippen LogP contribution in [0.5, 0.6) is 0 Å². The summed E-state index contributed by atoms with van der Waals surface area (Å²) in [7, 11) is 1.61. The van der Waals surface area contributed by atoms with Crippen LogP contribution in [0.4, 0.5) is 0 Å². The first-order chi connectivity index (χ1) is 9.04. The lowest BCUT2D eigenvalue weighted by Gasteiger charge is -2.37. The zero-order valence-corrected chi connectivity index (χ0v) is 12.1. The maximum Gasteiger partial charge on any atom is 0.0897 e. The van der Waals surface area contributed by atoms with Gasteiger partial charge in [-0.15, -0.1) is 0 Å². The van der Waals surface area contributed by atoms with Crippen LogP contribution in [0.15, 0.2) is 24.3 Å². The van der Waals surface area contributed by atoms with Gasteiger partial charge >= 0.3 is 0 Å². The topological polar surface area (TPSA) is 41.5 Å². The molecule has 2 N–H and O–H groups in total. The SMILES string of the molecule is COCC(O)CNC1CCC(C)(C)c2ccccc21. The van der Waals surface area contributed by atoms with Gasteiger partial charge in [-0.1, -0.05) is 38.1 Å². The largest absolute Gasteiger partial charge is 0.389 e. The van der Waals surface area contributed by atoms with Gasteiger partial charge in [0.2, 0.25) is 0 Å². The van der Waals surface area contributed by atoms with Crippen molar-refractivity contribution in [1.82, 2.24) is 5.32 Å². The third-order valence-corrected chi connectivity index (χ3v) is 4.08. The molecular weight excluding hydrogens is 238 g/mol. The summed E-state index contributed by atoms with van der Waals surface area (Å²) in [5.74, 6) is 0. The van der Waals surface area contributed by atoms with Crippen molar-refractivity contribution < 1.29 is 9.84 Å². The van der Waals surface area contributed by atoms with E-state index in [1.165, 1.54) is 17.5 Å². The van der Waals surface area contributed by atoms with Crippen molar-refractivity contribution in [2.24, 2.45) is 0 Å². The predicted octanol–water partition coefficient (Wildman–Crippen LogP) is 2.40. The Labute approximate surface area is 116 Å². The van der Waals surface area contributed by atoms with Gasteiger partial charge in [-0.25, -0.2) is 0 Å². The van der Waals surface area contributed by atoms with Crippen molar-refractivity contribution in [3.63, 3.8) is 0 Å². The molecule has 3 heteroatoms. The Morgan fingerprint density at radius 3 is 2.89 bits per heavy atom. The Morgan fingerprint density at radius 2 is 2.16 bits per heavy atom. The molecule has 0 aliphatic heterocycles. The van der Waals surface area contributed by atoms with Gasteiger partial charge in [0, 0.05) is 19.7 Å². The highest BCUT2D eigenvalue weighted by Gasteiger charge is 2.32. The number of methoxy groups -OCH3 is 1. The van der Waals surface area contributed by atoms with Crippen LogP contribution in [-0.2, 0) is 10.2 Å². The van der Waals surface area contributed by atoms with Crippen LogP contribution in [-0.4, -0.2) is 31.5 Å². The van der Waals surface area contributed by atoms with Crippen LogP contribution in [0.3, 0.4) is 0 Å². The highest BCUT2D eigenvalue weighted by Crippen LogP contribution is 2.41. The molecule has 0 amide bonds. The van der Waals surface area contributed by atoms with Gasteiger partial charge in [-0.2, -0.15) is 0 Å². The molecule has 0 heterocycles. The van der Waals surface area contributed by atoms with Gasteiger partial charge in [0.1, 0.15) is 0 Å². The maximum absolute atomic E-state index is 9.74. The summed E-state index contributed by atoms with van der Waals surface area (Å²) >= 11 is 0. The molecule has 0 saturated carbocycles. The minimum Gasteiger partial charge on any atom is -0.389 e. The minimum atomic E-state index is -0.438. The van der Waals surface area contributed by atoms with Crippen LogP contribution >= 0.6 is 0 Å². The summed E-state index contributed by atoms with van der Waals surface area (Å²) in [6, 6.07) is 8.99. The molecule has 1 aromatic rings. The number of fused-ring (bicyclic) bond motifs is 1. The van der Waals surface area contributed by atoms with Crippen molar-refractivity contribution in [2.45, 2.75) is 44.2 Å². The molecule has 0 fully saturated rings. The van der Waals surface area contributed by atoms with Crippen LogP contribution in [0.25, 0.3) is 0 Å². The number of aliphatic hydroxyl groups is 1. The van der Waals surface area contributed by atoms with Crippen LogP contribution in [0.2, 0.25) is 0 Å². The second kappa shape index (κ2) is 6.04. The molecule has 3 nitrogen and oxygen atoms in total. The Bertz CT molecular complexity index is 417. The average molecular weight is 263 g/mol. The Hall–Kier alpha value is -0.900. The fourth-order valence-electron chi connectivity index (χ4n) is 2.95. The molecule has 0 aromatic heterocycles. The van der Waals surface area contributed by atoms with E-state index in [0.717, 1.165) is 6.42 Å². The number of hydrogen-bond donors (Lipinski definition) is 2. The Kier molecular flexibility index (Phi) is 4.61. The summed E-state index contributed by atoms with van der Waals surface area (Å²) in [6.07, 6.45) is 1.85. The van der Waals surface area contributed by atoms with Gasteiger partial charge in [-0.3, -0.25) is 0 Å². The number of rotatable bonds is 5. The molecular formula is C16H25NO2. The van der Waals surface area contributed by atoms with Crippen LogP contribution < -0.4 is 5.32 Å². The monoisotopic (exact) mass is 263 g/mol. The van der Waals surface area contributed by atoms with Crippen molar-refractivity contribution in [2.75, 3.05) is 20.3 Å². The molecule has 2 unspecified atom stereocenters. The van der Waals surface area contributed by atoms with E-state index in [-0.39, 0.29) is 5.41 Å². The summed E-state index contributed by atoms with van der Waals surface area (Å²) in [6.45, 7) is 5.57. The third-order valence-electron chi connectivity index (χ3n) is 4.08. The quantitative estimate of drug-likeness (QED) is 0.857. The molecule has 2 atom stereocenters. The van der Waals surface area contributed by atoms with E-state index in [4.69, 9.17) is 4.74 Å². The van der Waals surface area contributed by atoms with Crippen LogP contribution in [0, 0.1) is 0 Å². The summed E-state index contributed by atoms with van der Waals surface area (Å²) in [5.41, 5.74) is 3.06. The molecule has 2 rings (SSSR count). The molecule has 0 bridgehead atoms. The smallest absolute Gasteiger partial charge is 0.0897 e. The highest BCUT2D eigenvalue weighted by molar-refractivity contribution is 5.38. The molecule has 1 aliphatic carbocycles. The zero-order chi connectivity index (χ0) is 13.9. The normalized spacial score (nSPS) is 22.8. The van der Waals surface area contributed by atoms with Gasteiger partial charge in [0.05, 0.1) is 12.7 Å². The van der Waals surface area contributed by atoms with E-state index in [1.807, 2.05) is 0 Å². The lowest BCUT2D eigenvalue weighted by molar-refractivity contribution is 0.0620. The first-order valence-corrected chi connectivity index (χ1v) is 7.04. The van der Waals surface area contributed by atoms with Crippen molar-refractivity contribution in [3.8, 4) is 0 Å². The number of hydrogen-bond acceptors (Lipinski definition) is 3. The van der Waals surface area contributed by atoms with Gasteiger partial charge in [0.15, 0.2) is 0 Å². The van der Waals surface area contributed by atoms with E-state index in [0.29, 0.717) is 19.2 Å². The van der Waals surface area contributed by atoms with Crippen molar-refractivity contribution in [1.29, 1.82) is 0 Å². The van der Waals surface area contributed by atoms with Crippen LogP contribution in [0.1, 0.15) is 43.9 Å². The van der Waals surface area contributed by atoms with Crippen molar-refractivity contribution in [3.05, 3.63) is 35.4 Å². The number of nitrogens with one attached hydrogen (secondary N) is 1. The van der Waals surface area contributed by atoms with E-state index < -0.39 is 6.10 Å². The fourth-order valence-corrected chi connectivity index (χ4v) is 2.95. The van der Waals surface area contributed by atoms with E-state index in [2.05, 4.69) is 43.4 Å². The number of ether oxygens (including phenoxy) is 1. The molecule has 0 spiro atoms. The molecule has 106 valence electrons. The van der Waals surface area contributed by atoms with E-state index in [9.17, 15) is 5.11 Å². The highest BCUT2D eigenvalue weighted by atomic mass is 16.5. The Morgan fingerprint density at radius 1 is 1.42 bits per heavy atom. The minimum absolute atomic E-state index is 0.250. The molecule has 0 saturated heterocycles. The third kappa shape index (κ3) is 3.35. The maximum atomic E-state index is 9.74. The summed E-state index contributed by atoms with van der Waals surface area (Å²) in [4.78, 5) is 0. The van der Waals surface area contributed by atoms with Gasteiger partial charge < -0.3 is 15.2 Å². The zero-order valence-electron chi connectivity index (χ0n) is 12.1. The van der Waals surface area contributed by atoms with Gasteiger partial charge in [0.25, 0.3) is 0 Å². The number of benzene rings is 1. The summed E-state index contributed by atoms with van der Waals surface area (Å²) < 4.78 is 4.96. The first-order valence-electron chi connectivity index (χ1n) is 7.04. The molecule has 1 aromatic carbocycles. The van der Waals surface area contributed by atoms with Gasteiger partial charge in [-0.05, 0) is 29.4 Å². The Balaban J connectivity index is 2.08. The summed E-state index contributed by atoms with van der Waals surface area (Å²) in [5, 5.41) is 13.2. The first kappa shape index (κ1) is 14.5. The van der Waals surface area contributed by atoms with E-state index >= 15 is 0 Å².